The monoisotopic (exact) mass is 274 g/mol. The number of phenolic OH excluding ortho intramolecular Hbond substituents is 1. The Morgan fingerprint density at radius 1 is 1.33 bits per heavy atom. The van der Waals surface area contributed by atoms with Gasteiger partial charge in [0.15, 0.2) is 0 Å². The van der Waals surface area contributed by atoms with E-state index in [2.05, 4.69) is 15.9 Å². The van der Waals surface area contributed by atoms with Crippen molar-refractivity contribution >= 4 is 15.9 Å². The predicted molar refractivity (Wildman–Crippen MR) is 62.2 cm³/mol. The van der Waals surface area contributed by atoms with Crippen LogP contribution < -0.4 is 0 Å². The van der Waals surface area contributed by atoms with Crippen LogP contribution in [0.15, 0.2) is 18.2 Å². The van der Waals surface area contributed by atoms with E-state index in [4.69, 9.17) is 0 Å². The van der Waals surface area contributed by atoms with E-state index in [0.29, 0.717) is 22.9 Å². The molecule has 0 heterocycles. The smallest absolute Gasteiger partial charge is 0.118 e. The number of aliphatic hydroxyl groups excluding tert-OH is 2. The second-order valence-electron chi connectivity index (χ2n) is 3.48. The standard InChI is InChI=1S/C11H15BrO3/c1-7-8(3-2-4-9(7)13)11(15)10(14)5-6-12/h2-4,10-11,13-15H,5-6H2,1H3. The first kappa shape index (κ1) is 12.5. The van der Waals surface area contributed by atoms with Crippen LogP contribution in [0.1, 0.15) is 23.7 Å². The maximum Gasteiger partial charge on any atom is 0.118 e. The van der Waals surface area contributed by atoms with Gasteiger partial charge in [-0.05, 0) is 30.5 Å². The number of hydrogen-bond acceptors (Lipinski definition) is 3. The van der Waals surface area contributed by atoms with Gasteiger partial charge in [0.1, 0.15) is 11.9 Å². The summed E-state index contributed by atoms with van der Waals surface area (Å²) in [7, 11) is 0. The lowest BCUT2D eigenvalue weighted by molar-refractivity contribution is 0.0169. The average Bonchev–Trinajstić information content (AvgIpc) is 2.21. The van der Waals surface area contributed by atoms with Gasteiger partial charge in [-0.3, -0.25) is 0 Å². The normalized spacial score (nSPS) is 14.9. The fourth-order valence-corrected chi connectivity index (χ4v) is 1.91. The van der Waals surface area contributed by atoms with Crippen molar-refractivity contribution in [2.24, 2.45) is 0 Å². The molecule has 3 nitrogen and oxygen atoms in total. The summed E-state index contributed by atoms with van der Waals surface area (Å²) in [5, 5.41) is 29.6. The molecule has 0 aromatic heterocycles. The van der Waals surface area contributed by atoms with Crippen LogP contribution in [0.2, 0.25) is 0 Å². The average molecular weight is 275 g/mol. The molecule has 0 amide bonds. The molecule has 3 N–H and O–H groups in total. The summed E-state index contributed by atoms with van der Waals surface area (Å²) in [6.45, 7) is 1.72. The zero-order valence-electron chi connectivity index (χ0n) is 8.52. The first-order chi connectivity index (χ1) is 7.07. The van der Waals surface area contributed by atoms with E-state index in [1.54, 1.807) is 25.1 Å². The summed E-state index contributed by atoms with van der Waals surface area (Å²) in [4.78, 5) is 0. The quantitative estimate of drug-likeness (QED) is 0.735. The van der Waals surface area contributed by atoms with Crippen LogP contribution in [0.25, 0.3) is 0 Å². The van der Waals surface area contributed by atoms with Crippen LogP contribution in [0.5, 0.6) is 5.75 Å². The van der Waals surface area contributed by atoms with Gasteiger partial charge in [-0.25, -0.2) is 0 Å². The summed E-state index contributed by atoms with van der Waals surface area (Å²) < 4.78 is 0. The highest BCUT2D eigenvalue weighted by atomic mass is 79.9. The molecule has 1 rings (SSSR count). The van der Waals surface area contributed by atoms with Gasteiger partial charge in [0.05, 0.1) is 6.10 Å². The van der Waals surface area contributed by atoms with E-state index in [1.165, 1.54) is 0 Å². The van der Waals surface area contributed by atoms with Gasteiger partial charge >= 0.3 is 0 Å². The number of benzene rings is 1. The minimum atomic E-state index is -0.949. The first-order valence-electron chi connectivity index (χ1n) is 4.78. The third kappa shape index (κ3) is 2.93. The van der Waals surface area contributed by atoms with Crippen molar-refractivity contribution in [3.8, 4) is 5.75 Å². The molecule has 0 spiro atoms. The van der Waals surface area contributed by atoms with Gasteiger partial charge in [0, 0.05) is 5.33 Å². The molecule has 0 bridgehead atoms. The lowest BCUT2D eigenvalue weighted by Crippen LogP contribution is -2.19. The fourth-order valence-electron chi connectivity index (χ4n) is 1.44. The lowest BCUT2D eigenvalue weighted by atomic mass is 9.98. The first-order valence-corrected chi connectivity index (χ1v) is 5.90. The molecule has 0 radical (unpaired) electrons. The van der Waals surface area contributed by atoms with E-state index in [9.17, 15) is 15.3 Å². The van der Waals surface area contributed by atoms with E-state index < -0.39 is 12.2 Å². The summed E-state index contributed by atoms with van der Waals surface area (Å²) >= 11 is 3.20. The fraction of sp³-hybridized carbons (Fsp3) is 0.455. The van der Waals surface area contributed by atoms with Gasteiger partial charge in [0.25, 0.3) is 0 Å². The van der Waals surface area contributed by atoms with Gasteiger partial charge < -0.3 is 15.3 Å². The highest BCUT2D eigenvalue weighted by Crippen LogP contribution is 2.27. The minimum absolute atomic E-state index is 0.137. The van der Waals surface area contributed by atoms with Gasteiger partial charge in [-0.1, -0.05) is 28.1 Å². The summed E-state index contributed by atoms with van der Waals surface area (Å²) in [6, 6.07) is 4.92. The molecule has 0 saturated heterocycles. The lowest BCUT2D eigenvalue weighted by Gasteiger charge is -2.19. The number of rotatable bonds is 4. The summed E-state index contributed by atoms with van der Waals surface area (Å²) in [5.41, 5.74) is 1.18. The van der Waals surface area contributed by atoms with Crippen LogP contribution >= 0.6 is 15.9 Å². The van der Waals surface area contributed by atoms with Crippen molar-refractivity contribution in [2.75, 3.05) is 5.33 Å². The Hall–Kier alpha value is -0.580. The van der Waals surface area contributed by atoms with Crippen LogP contribution in [-0.4, -0.2) is 26.8 Å². The Labute approximate surface area is 97.5 Å². The number of aromatic hydroxyl groups is 1. The van der Waals surface area contributed by atoms with Crippen LogP contribution in [0.3, 0.4) is 0 Å². The molecule has 84 valence electrons. The second-order valence-corrected chi connectivity index (χ2v) is 4.27. The topological polar surface area (TPSA) is 60.7 Å². The Bertz CT molecular complexity index is 328. The molecule has 0 aliphatic heterocycles. The van der Waals surface area contributed by atoms with Crippen LogP contribution in [0.4, 0.5) is 0 Å². The summed E-state index contributed by atoms with van der Waals surface area (Å²) in [6.07, 6.45) is -1.30. The van der Waals surface area contributed by atoms with Gasteiger partial charge in [-0.2, -0.15) is 0 Å². The molecule has 0 aliphatic carbocycles. The van der Waals surface area contributed by atoms with Crippen molar-refractivity contribution in [3.05, 3.63) is 29.3 Å². The minimum Gasteiger partial charge on any atom is -0.508 e. The third-order valence-electron chi connectivity index (χ3n) is 2.44. The van der Waals surface area contributed by atoms with E-state index in [-0.39, 0.29) is 5.75 Å². The largest absolute Gasteiger partial charge is 0.508 e. The highest BCUT2D eigenvalue weighted by molar-refractivity contribution is 9.09. The van der Waals surface area contributed by atoms with Crippen molar-refractivity contribution in [1.82, 2.24) is 0 Å². The zero-order valence-corrected chi connectivity index (χ0v) is 10.1. The molecular formula is C11H15BrO3. The molecule has 2 atom stereocenters. The second kappa shape index (κ2) is 5.49. The number of aliphatic hydroxyl groups is 2. The SMILES string of the molecule is Cc1c(O)cccc1C(O)C(O)CCBr. The molecule has 0 fully saturated rings. The van der Waals surface area contributed by atoms with E-state index in [0.717, 1.165) is 0 Å². The number of halogens is 1. The van der Waals surface area contributed by atoms with E-state index in [1.807, 2.05) is 0 Å². The number of hydrogen-bond donors (Lipinski definition) is 3. The zero-order chi connectivity index (χ0) is 11.4. The molecule has 1 aromatic carbocycles. The van der Waals surface area contributed by atoms with Crippen molar-refractivity contribution in [1.29, 1.82) is 0 Å². The molecule has 0 aliphatic rings. The van der Waals surface area contributed by atoms with Crippen LogP contribution in [-0.2, 0) is 0 Å². The van der Waals surface area contributed by atoms with E-state index >= 15 is 0 Å². The van der Waals surface area contributed by atoms with Crippen molar-refractivity contribution in [3.63, 3.8) is 0 Å². The number of alkyl halides is 1. The van der Waals surface area contributed by atoms with Gasteiger partial charge in [-0.15, -0.1) is 0 Å². The van der Waals surface area contributed by atoms with Crippen LogP contribution in [0, 0.1) is 6.92 Å². The Kier molecular flexibility index (Phi) is 4.57. The van der Waals surface area contributed by atoms with Gasteiger partial charge in [0.2, 0.25) is 0 Å². The molecule has 1 aromatic rings. The Morgan fingerprint density at radius 2 is 2.00 bits per heavy atom. The van der Waals surface area contributed by atoms with Crippen molar-refractivity contribution < 1.29 is 15.3 Å². The molecule has 4 heteroatoms. The summed E-state index contributed by atoms with van der Waals surface area (Å²) in [5.74, 6) is 0.137. The number of phenols is 1. The molecular weight excluding hydrogens is 260 g/mol. The highest BCUT2D eigenvalue weighted by Gasteiger charge is 2.20. The Morgan fingerprint density at radius 3 is 2.60 bits per heavy atom. The Balaban J connectivity index is 2.90. The molecule has 15 heavy (non-hydrogen) atoms. The molecule has 2 unspecified atom stereocenters. The third-order valence-corrected chi connectivity index (χ3v) is 2.89. The van der Waals surface area contributed by atoms with Crippen molar-refractivity contribution in [2.45, 2.75) is 25.6 Å². The maximum atomic E-state index is 9.84. The molecule has 0 saturated carbocycles. The maximum absolute atomic E-state index is 9.84. The predicted octanol–water partition coefficient (Wildman–Crippen LogP) is 1.88.